The maximum absolute atomic E-state index is 6.00. The highest BCUT2D eigenvalue weighted by atomic mass is 16.5. The summed E-state index contributed by atoms with van der Waals surface area (Å²) in [6.07, 6.45) is 3.96. The number of para-hydroxylation sites is 2. The van der Waals surface area contributed by atoms with E-state index in [1.165, 1.54) is 0 Å². The minimum Gasteiger partial charge on any atom is -0.495 e. The highest BCUT2D eigenvalue weighted by molar-refractivity contribution is 5.59. The lowest BCUT2D eigenvalue weighted by Crippen LogP contribution is -2.30. The fourth-order valence-electron chi connectivity index (χ4n) is 2.41. The molecule has 2 N–H and O–H groups in total. The average Bonchev–Trinajstić information content (AvgIpc) is 2.97. The van der Waals surface area contributed by atoms with Crippen LogP contribution >= 0.6 is 0 Å². The molecular weight excluding hydrogens is 264 g/mol. The van der Waals surface area contributed by atoms with Gasteiger partial charge in [-0.05, 0) is 26.0 Å². The van der Waals surface area contributed by atoms with Crippen LogP contribution in [0.15, 0.2) is 36.7 Å². The lowest BCUT2D eigenvalue weighted by molar-refractivity contribution is 0.413. The molecule has 0 fully saturated rings. The molecule has 0 saturated heterocycles. The van der Waals surface area contributed by atoms with E-state index in [1.807, 2.05) is 42.2 Å². The zero-order valence-electron chi connectivity index (χ0n) is 13.2. The van der Waals surface area contributed by atoms with Crippen molar-refractivity contribution in [2.45, 2.75) is 25.9 Å². The Bertz CT molecular complexity index is 579. The summed E-state index contributed by atoms with van der Waals surface area (Å²) in [6.45, 7) is 4.73. The standard InChI is InChI=1S/C16H24N4O/c1-12(2)20-11-13(10-18-20)15(9-17)19(3)14-7-5-6-8-16(14)21-4/h5-8,10-12,15H,9,17H2,1-4H3. The molecule has 0 aliphatic carbocycles. The number of nitrogens with zero attached hydrogens (tertiary/aromatic N) is 3. The van der Waals surface area contributed by atoms with Crippen molar-refractivity contribution in [3.05, 3.63) is 42.2 Å². The second-order valence-electron chi connectivity index (χ2n) is 5.38. The van der Waals surface area contributed by atoms with Crippen LogP contribution in [0.4, 0.5) is 5.69 Å². The molecule has 21 heavy (non-hydrogen) atoms. The number of likely N-dealkylation sites (N-methyl/N-ethyl adjacent to an activating group) is 1. The van der Waals surface area contributed by atoms with Crippen LogP contribution in [-0.4, -0.2) is 30.5 Å². The number of nitrogens with two attached hydrogens (primary N) is 1. The number of rotatable bonds is 6. The number of methoxy groups -OCH3 is 1. The fraction of sp³-hybridized carbons (Fsp3) is 0.438. The van der Waals surface area contributed by atoms with Crippen molar-refractivity contribution < 1.29 is 4.74 Å². The molecule has 0 radical (unpaired) electrons. The molecule has 5 heteroatoms. The minimum atomic E-state index is 0.0637. The van der Waals surface area contributed by atoms with Crippen LogP contribution in [0.25, 0.3) is 0 Å². The van der Waals surface area contributed by atoms with E-state index in [0.717, 1.165) is 17.0 Å². The maximum atomic E-state index is 6.00. The van der Waals surface area contributed by atoms with Crippen LogP contribution < -0.4 is 15.4 Å². The first-order valence-electron chi connectivity index (χ1n) is 7.18. The molecule has 0 amide bonds. The molecule has 1 heterocycles. The lowest BCUT2D eigenvalue weighted by Gasteiger charge is -2.29. The molecular formula is C16H24N4O. The molecule has 1 aromatic heterocycles. The van der Waals surface area contributed by atoms with Crippen LogP contribution in [0.3, 0.4) is 0 Å². The largest absolute Gasteiger partial charge is 0.495 e. The van der Waals surface area contributed by atoms with E-state index in [4.69, 9.17) is 10.5 Å². The Labute approximate surface area is 126 Å². The average molecular weight is 288 g/mol. The van der Waals surface area contributed by atoms with Gasteiger partial charge in [-0.3, -0.25) is 4.68 Å². The predicted molar refractivity (Wildman–Crippen MR) is 85.8 cm³/mol. The Morgan fingerprint density at radius 1 is 1.33 bits per heavy atom. The second kappa shape index (κ2) is 6.63. The van der Waals surface area contributed by atoms with Gasteiger partial charge in [-0.15, -0.1) is 0 Å². The van der Waals surface area contributed by atoms with E-state index in [9.17, 15) is 0 Å². The Morgan fingerprint density at radius 3 is 2.62 bits per heavy atom. The molecule has 0 aliphatic heterocycles. The number of aromatic nitrogens is 2. The van der Waals surface area contributed by atoms with Crippen LogP contribution in [0.2, 0.25) is 0 Å². The van der Waals surface area contributed by atoms with Crippen LogP contribution in [-0.2, 0) is 0 Å². The third kappa shape index (κ3) is 3.19. The van der Waals surface area contributed by atoms with Crippen molar-refractivity contribution in [2.75, 3.05) is 25.6 Å². The summed E-state index contributed by atoms with van der Waals surface area (Å²) < 4.78 is 7.39. The van der Waals surface area contributed by atoms with Gasteiger partial charge in [-0.25, -0.2) is 0 Å². The van der Waals surface area contributed by atoms with E-state index < -0.39 is 0 Å². The van der Waals surface area contributed by atoms with E-state index in [-0.39, 0.29) is 6.04 Å². The first kappa shape index (κ1) is 15.4. The fourth-order valence-corrected chi connectivity index (χ4v) is 2.41. The van der Waals surface area contributed by atoms with E-state index >= 15 is 0 Å². The number of benzene rings is 1. The lowest BCUT2D eigenvalue weighted by atomic mass is 10.1. The molecule has 1 atom stereocenters. The van der Waals surface area contributed by atoms with Crippen molar-refractivity contribution in [2.24, 2.45) is 5.73 Å². The SMILES string of the molecule is COc1ccccc1N(C)C(CN)c1cnn(C(C)C)c1. The zero-order chi connectivity index (χ0) is 15.4. The second-order valence-corrected chi connectivity index (χ2v) is 5.38. The maximum Gasteiger partial charge on any atom is 0.142 e. The molecule has 1 unspecified atom stereocenters. The highest BCUT2D eigenvalue weighted by Gasteiger charge is 2.20. The Hall–Kier alpha value is -2.01. The highest BCUT2D eigenvalue weighted by Crippen LogP contribution is 2.32. The Balaban J connectivity index is 2.31. The summed E-state index contributed by atoms with van der Waals surface area (Å²) in [6, 6.07) is 8.36. The molecule has 2 rings (SSSR count). The molecule has 0 aliphatic rings. The quantitative estimate of drug-likeness (QED) is 0.887. The molecule has 2 aromatic rings. The third-order valence-corrected chi connectivity index (χ3v) is 3.69. The Morgan fingerprint density at radius 2 is 2.05 bits per heavy atom. The van der Waals surface area contributed by atoms with Gasteiger partial charge in [0.05, 0.1) is 25.0 Å². The smallest absolute Gasteiger partial charge is 0.142 e. The molecule has 0 bridgehead atoms. The van der Waals surface area contributed by atoms with Crippen LogP contribution in [0.5, 0.6) is 5.75 Å². The molecule has 5 nitrogen and oxygen atoms in total. The monoisotopic (exact) mass is 288 g/mol. The first-order chi connectivity index (χ1) is 10.1. The van der Waals surface area contributed by atoms with Gasteiger partial charge in [-0.1, -0.05) is 12.1 Å². The predicted octanol–water partition coefficient (Wildman–Crippen LogP) is 2.61. The Kier molecular flexibility index (Phi) is 4.85. The van der Waals surface area contributed by atoms with Gasteiger partial charge in [0.1, 0.15) is 5.75 Å². The van der Waals surface area contributed by atoms with Crippen molar-refractivity contribution in [3.8, 4) is 5.75 Å². The summed E-state index contributed by atoms with van der Waals surface area (Å²) in [5, 5.41) is 4.41. The minimum absolute atomic E-state index is 0.0637. The summed E-state index contributed by atoms with van der Waals surface area (Å²) in [7, 11) is 3.71. The van der Waals surface area contributed by atoms with E-state index in [0.29, 0.717) is 12.6 Å². The number of anilines is 1. The zero-order valence-corrected chi connectivity index (χ0v) is 13.2. The summed E-state index contributed by atoms with van der Waals surface area (Å²) in [4.78, 5) is 2.14. The first-order valence-corrected chi connectivity index (χ1v) is 7.18. The van der Waals surface area contributed by atoms with Gasteiger partial charge in [0.2, 0.25) is 0 Å². The van der Waals surface area contributed by atoms with Crippen molar-refractivity contribution in [1.29, 1.82) is 0 Å². The van der Waals surface area contributed by atoms with Crippen molar-refractivity contribution in [3.63, 3.8) is 0 Å². The van der Waals surface area contributed by atoms with E-state index in [2.05, 4.69) is 30.0 Å². The van der Waals surface area contributed by atoms with Gasteiger partial charge >= 0.3 is 0 Å². The normalized spacial score (nSPS) is 12.5. The van der Waals surface area contributed by atoms with Gasteiger partial charge < -0.3 is 15.4 Å². The van der Waals surface area contributed by atoms with Gasteiger partial charge in [0, 0.05) is 31.4 Å². The van der Waals surface area contributed by atoms with E-state index in [1.54, 1.807) is 7.11 Å². The molecule has 0 spiro atoms. The van der Waals surface area contributed by atoms with Gasteiger partial charge in [0.15, 0.2) is 0 Å². The number of hydrogen-bond acceptors (Lipinski definition) is 4. The molecule has 1 aromatic carbocycles. The summed E-state index contributed by atoms with van der Waals surface area (Å²) >= 11 is 0. The summed E-state index contributed by atoms with van der Waals surface area (Å²) in [5.41, 5.74) is 8.13. The number of ether oxygens (including phenoxy) is 1. The van der Waals surface area contributed by atoms with Crippen LogP contribution in [0.1, 0.15) is 31.5 Å². The van der Waals surface area contributed by atoms with Crippen molar-refractivity contribution in [1.82, 2.24) is 9.78 Å². The topological polar surface area (TPSA) is 56.3 Å². The van der Waals surface area contributed by atoms with Gasteiger partial charge in [-0.2, -0.15) is 5.10 Å². The van der Waals surface area contributed by atoms with Crippen molar-refractivity contribution >= 4 is 5.69 Å². The molecule has 0 saturated carbocycles. The van der Waals surface area contributed by atoms with Crippen LogP contribution in [0, 0.1) is 0 Å². The van der Waals surface area contributed by atoms with Gasteiger partial charge in [0.25, 0.3) is 0 Å². The number of hydrogen-bond donors (Lipinski definition) is 1. The molecule has 114 valence electrons. The summed E-state index contributed by atoms with van der Waals surface area (Å²) in [5.74, 6) is 0.842. The third-order valence-electron chi connectivity index (χ3n) is 3.69.